The number of nitrogens with one attached hydrogen (secondary N) is 1. The van der Waals surface area contributed by atoms with E-state index in [9.17, 15) is 4.79 Å². The van der Waals surface area contributed by atoms with Crippen LogP contribution in [-0.4, -0.2) is 30.9 Å². The molecule has 0 radical (unpaired) electrons. The van der Waals surface area contributed by atoms with Gasteiger partial charge in [0.15, 0.2) is 0 Å². The highest BCUT2D eigenvalue weighted by Crippen LogP contribution is 2.15. The Morgan fingerprint density at radius 3 is 2.79 bits per heavy atom. The molecule has 0 spiro atoms. The number of hydrogen-bond acceptors (Lipinski definition) is 2. The molecule has 19 heavy (non-hydrogen) atoms. The summed E-state index contributed by atoms with van der Waals surface area (Å²) in [6, 6.07) is 8.25. The molecule has 1 aliphatic heterocycles. The summed E-state index contributed by atoms with van der Waals surface area (Å²) in [4.78, 5) is 14.0. The fourth-order valence-electron chi connectivity index (χ4n) is 2.42. The number of benzene rings is 1. The van der Waals surface area contributed by atoms with Gasteiger partial charge >= 0.3 is 0 Å². The minimum absolute atomic E-state index is 0. The van der Waals surface area contributed by atoms with E-state index in [0.717, 1.165) is 19.5 Å². The molecule has 1 atom stereocenters. The third-order valence-corrected chi connectivity index (χ3v) is 3.72. The second-order valence-corrected chi connectivity index (χ2v) is 5.24. The van der Waals surface area contributed by atoms with Gasteiger partial charge in [-0.15, -0.1) is 12.4 Å². The monoisotopic (exact) mass is 282 g/mol. The molecule has 1 amide bonds. The lowest BCUT2D eigenvalue weighted by Crippen LogP contribution is -2.28. The molecule has 1 fully saturated rings. The second kappa shape index (κ2) is 7.51. The van der Waals surface area contributed by atoms with Crippen molar-refractivity contribution in [1.29, 1.82) is 0 Å². The van der Waals surface area contributed by atoms with Crippen LogP contribution in [0.25, 0.3) is 0 Å². The SMILES string of the molecule is Cc1ccccc1CN(C)C(=O)CC1CCNC1.Cl. The van der Waals surface area contributed by atoms with Crippen LogP contribution >= 0.6 is 12.4 Å². The molecule has 2 rings (SSSR count). The smallest absolute Gasteiger partial charge is 0.222 e. The largest absolute Gasteiger partial charge is 0.341 e. The zero-order valence-corrected chi connectivity index (χ0v) is 12.5. The second-order valence-electron chi connectivity index (χ2n) is 5.24. The van der Waals surface area contributed by atoms with Crippen LogP contribution in [0.3, 0.4) is 0 Å². The molecule has 106 valence electrons. The normalized spacial score (nSPS) is 17.9. The van der Waals surface area contributed by atoms with E-state index < -0.39 is 0 Å². The van der Waals surface area contributed by atoms with Crippen LogP contribution in [-0.2, 0) is 11.3 Å². The highest BCUT2D eigenvalue weighted by molar-refractivity contribution is 5.85. The van der Waals surface area contributed by atoms with Gasteiger partial charge in [-0.05, 0) is 43.5 Å². The molecular formula is C15H23ClN2O. The summed E-state index contributed by atoms with van der Waals surface area (Å²) in [5, 5.41) is 3.30. The molecule has 3 nitrogen and oxygen atoms in total. The predicted molar refractivity (Wildman–Crippen MR) is 80.5 cm³/mol. The molecule has 0 saturated carbocycles. The zero-order chi connectivity index (χ0) is 13.0. The third kappa shape index (κ3) is 4.51. The first-order valence-corrected chi connectivity index (χ1v) is 6.66. The number of aryl methyl sites for hydroxylation is 1. The quantitative estimate of drug-likeness (QED) is 0.920. The molecular weight excluding hydrogens is 260 g/mol. The molecule has 0 aliphatic carbocycles. The number of carbonyl (C=O) groups excluding carboxylic acids is 1. The van der Waals surface area contributed by atoms with Crippen molar-refractivity contribution in [3.63, 3.8) is 0 Å². The van der Waals surface area contributed by atoms with Crippen LogP contribution in [0.4, 0.5) is 0 Å². The molecule has 4 heteroatoms. The number of amides is 1. The van der Waals surface area contributed by atoms with Gasteiger partial charge < -0.3 is 10.2 Å². The van der Waals surface area contributed by atoms with Gasteiger partial charge in [0.2, 0.25) is 5.91 Å². The Kier molecular flexibility index (Phi) is 6.32. The molecule has 1 aromatic carbocycles. The van der Waals surface area contributed by atoms with Gasteiger partial charge in [0.1, 0.15) is 0 Å². The van der Waals surface area contributed by atoms with Crippen molar-refractivity contribution in [3.05, 3.63) is 35.4 Å². The van der Waals surface area contributed by atoms with Crippen LogP contribution in [0.5, 0.6) is 0 Å². The Bertz CT molecular complexity index is 416. The van der Waals surface area contributed by atoms with Crippen molar-refractivity contribution in [1.82, 2.24) is 10.2 Å². The average molecular weight is 283 g/mol. The molecule has 1 unspecified atom stereocenters. The van der Waals surface area contributed by atoms with Gasteiger partial charge in [0.05, 0.1) is 0 Å². The summed E-state index contributed by atoms with van der Waals surface area (Å²) in [6.07, 6.45) is 1.80. The highest BCUT2D eigenvalue weighted by atomic mass is 35.5. The molecule has 1 saturated heterocycles. The van der Waals surface area contributed by atoms with E-state index in [2.05, 4.69) is 24.4 Å². The van der Waals surface area contributed by atoms with E-state index in [0.29, 0.717) is 18.9 Å². The molecule has 1 N–H and O–H groups in total. The molecule has 0 aromatic heterocycles. The molecule has 0 bridgehead atoms. The maximum atomic E-state index is 12.1. The number of hydrogen-bond donors (Lipinski definition) is 1. The maximum absolute atomic E-state index is 12.1. The first-order chi connectivity index (χ1) is 8.66. The van der Waals surface area contributed by atoms with Gasteiger partial charge in [-0.25, -0.2) is 0 Å². The Hall–Kier alpha value is -1.06. The standard InChI is InChI=1S/C15H22N2O.ClH/c1-12-5-3-4-6-14(12)11-17(2)15(18)9-13-7-8-16-10-13;/h3-6,13,16H,7-11H2,1-2H3;1H. The first-order valence-electron chi connectivity index (χ1n) is 6.66. The maximum Gasteiger partial charge on any atom is 0.222 e. The molecule has 1 aromatic rings. The molecule has 1 aliphatic rings. The number of carbonyl (C=O) groups is 1. The van der Waals surface area contributed by atoms with Crippen LogP contribution in [0.15, 0.2) is 24.3 Å². The summed E-state index contributed by atoms with van der Waals surface area (Å²) in [5.41, 5.74) is 2.48. The van der Waals surface area contributed by atoms with Crippen LogP contribution < -0.4 is 5.32 Å². The van der Waals surface area contributed by atoms with Crippen LogP contribution in [0.1, 0.15) is 24.0 Å². The predicted octanol–water partition coefficient (Wildman–Crippen LogP) is 2.37. The van der Waals surface area contributed by atoms with Crippen molar-refractivity contribution < 1.29 is 4.79 Å². The fraction of sp³-hybridized carbons (Fsp3) is 0.533. The number of nitrogens with zero attached hydrogens (tertiary/aromatic N) is 1. The van der Waals surface area contributed by atoms with Gasteiger partial charge in [-0.2, -0.15) is 0 Å². The Labute approximate surface area is 121 Å². The van der Waals surface area contributed by atoms with Crippen molar-refractivity contribution >= 4 is 18.3 Å². The van der Waals surface area contributed by atoms with Crippen LogP contribution in [0.2, 0.25) is 0 Å². The number of halogens is 1. The van der Waals surface area contributed by atoms with E-state index in [-0.39, 0.29) is 18.3 Å². The Balaban J connectivity index is 0.00000180. The number of rotatable bonds is 4. The summed E-state index contributed by atoms with van der Waals surface area (Å²) in [7, 11) is 1.90. The van der Waals surface area contributed by atoms with Crippen molar-refractivity contribution in [2.75, 3.05) is 20.1 Å². The van der Waals surface area contributed by atoms with E-state index >= 15 is 0 Å². The van der Waals surface area contributed by atoms with Gasteiger partial charge in [0, 0.05) is 20.0 Å². The van der Waals surface area contributed by atoms with Gasteiger partial charge in [0.25, 0.3) is 0 Å². The zero-order valence-electron chi connectivity index (χ0n) is 11.7. The lowest BCUT2D eigenvalue weighted by molar-refractivity contribution is -0.131. The highest BCUT2D eigenvalue weighted by Gasteiger charge is 2.20. The van der Waals surface area contributed by atoms with Gasteiger partial charge in [-0.1, -0.05) is 24.3 Å². The molecule has 1 heterocycles. The van der Waals surface area contributed by atoms with E-state index in [4.69, 9.17) is 0 Å². The lowest BCUT2D eigenvalue weighted by Gasteiger charge is -2.20. The summed E-state index contributed by atoms with van der Waals surface area (Å²) < 4.78 is 0. The Morgan fingerprint density at radius 1 is 1.42 bits per heavy atom. The van der Waals surface area contributed by atoms with Crippen molar-refractivity contribution in [2.45, 2.75) is 26.3 Å². The summed E-state index contributed by atoms with van der Waals surface area (Å²) >= 11 is 0. The average Bonchev–Trinajstić information content (AvgIpc) is 2.84. The minimum atomic E-state index is 0. The summed E-state index contributed by atoms with van der Waals surface area (Å²) in [6.45, 7) is 4.85. The Morgan fingerprint density at radius 2 is 2.16 bits per heavy atom. The van der Waals surface area contributed by atoms with E-state index in [1.165, 1.54) is 11.1 Å². The van der Waals surface area contributed by atoms with Crippen molar-refractivity contribution in [2.24, 2.45) is 5.92 Å². The minimum Gasteiger partial charge on any atom is -0.341 e. The fourth-order valence-corrected chi connectivity index (χ4v) is 2.42. The van der Waals surface area contributed by atoms with Crippen LogP contribution in [0, 0.1) is 12.8 Å². The van der Waals surface area contributed by atoms with Crippen molar-refractivity contribution in [3.8, 4) is 0 Å². The summed E-state index contributed by atoms with van der Waals surface area (Å²) in [5.74, 6) is 0.781. The van der Waals surface area contributed by atoms with E-state index in [1.807, 2.05) is 24.1 Å². The first kappa shape index (κ1) is 16.0. The van der Waals surface area contributed by atoms with E-state index in [1.54, 1.807) is 0 Å². The van der Waals surface area contributed by atoms with Gasteiger partial charge in [-0.3, -0.25) is 4.79 Å². The lowest BCUT2D eigenvalue weighted by atomic mass is 10.0. The third-order valence-electron chi connectivity index (χ3n) is 3.72. The topological polar surface area (TPSA) is 32.3 Å².